The molecule has 0 spiro atoms. The number of carbonyl (C=O) groups is 1. The molecule has 2 saturated heterocycles. The summed E-state index contributed by atoms with van der Waals surface area (Å²) in [6, 6.07) is 0.648. The predicted molar refractivity (Wildman–Crippen MR) is 158 cm³/mol. The van der Waals surface area contributed by atoms with E-state index in [9.17, 15) is 9.90 Å². The third-order valence-corrected chi connectivity index (χ3v) is 13.6. The van der Waals surface area contributed by atoms with E-state index in [4.69, 9.17) is 9.47 Å². The van der Waals surface area contributed by atoms with E-state index in [0.29, 0.717) is 29.7 Å². The van der Waals surface area contributed by atoms with Crippen molar-refractivity contribution in [2.45, 2.75) is 116 Å². The summed E-state index contributed by atoms with van der Waals surface area (Å²) < 4.78 is 13.2. The average molecular weight is 638 g/mol. The standard InChI is InChI=1S/C34H57N2O4.BrH/c1-5-16-36(17-8-6-7-9-18-36)30-22-28-26-11-10-25-21-31(38)29(35-14-19-39-20-15-35)23-34(25,4)27(26)12-13-33(28,3)32(30)40-24(2)37;/h5,25-32,38H,1,6-23H2,2-4H3;1H/q+1;/p-1/t25-,26+,27-,28-,29-,30-,31-,32-,33-,34-;/m0./s1. The lowest BCUT2D eigenvalue weighted by Gasteiger charge is -2.62. The highest BCUT2D eigenvalue weighted by Crippen LogP contribution is 2.67. The molecule has 0 aromatic carbocycles. The Kier molecular flexibility index (Phi) is 9.73. The van der Waals surface area contributed by atoms with Crippen LogP contribution in [-0.2, 0) is 14.3 Å². The summed E-state index contributed by atoms with van der Waals surface area (Å²) in [6.07, 6.45) is 15.3. The van der Waals surface area contributed by atoms with Gasteiger partial charge in [-0.3, -0.25) is 9.69 Å². The van der Waals surface area contributed by atoms with Gasteiger partial charge in [0.25, 0.3) is 0 Å². The van der Waals surface area contributed by atoms with Gasteiger partial charge in [0.2, 0.25) is 0 Å². The molecule has 0 amide bonds. The second kappa shape index (κ2) is 12.5. The fraction of sp³-hybridized carbons (Fsp3) is 0.912. The van der Waals surface area contributed by atoms with E-state index >= 15 is 0 Å². The Morgan fingerprint density at radius 2 is 1.76 bits per heavy atom. The third-order valence-electron chi connectivity index (χ3n) is 13.6. The second-order valence-corrected chi connectivity index (χ2v) is 15.3. The van der Waals surface area contributed by atoms with E-state index in [-0.39, 0.29) is 52.0 Å². The maximum atomic E-state index is 12.6. The molecule has 2 aliphatic heterocycles. The summed E-state index contributed by atoms with van der Waals surface area (Å²) in [5.41, 5.74) is 0.328. The van der Waals surface area contributed by atoms with Crippen molar-refractivity contribution in [3.8, 4) is 0 Å². The van der Waals surface area contributed by atoms with Gasteiger partial charge in [-0.15, -0.1) is 0 Å². The number of rotatable bonds is 5. The Labute approximate surface area is 259 Å². The van der Waals surface area contributed by atoms with Crippen molar-refractivity contribution in [3.63, 3.8) is 0 Å². The molecule has 6 rings (SSSR count). The van der Waals surface area contributed by atoms with Crippen LogP contribution in [0, 0.1) is 34.5 Å². The van der Waals surface area contributed by atoms with Crippen LogP contribution in [0.25, 0.3) is 0 Å². The van der Waals surface area contributed by atoms with E-state index in [0.717, 1.165) is 56.6 Å². The molecule has 0 aromatic rings. The number of hydrogen-bond donors (Lipinski definition) is 1. The molecule has 1 N–H and O–H groups in total. The van der Waals surface area contributed by atoms with Crippen LogP contribution < -0.4 is 17.0 Å². The number of nitrogens with zero attached hydrogens (tertiary/aromatic N) is 2. The molecule has 4 saturated carbocycles. The molecule has 0 aromatic heterocycles. The molecule has 4 aliphatic carbocycles. The van der Waals surface area contributed by atoms with E-state index in [2.05, 4.69) is 31.4 Å². The highest BCUT2D eigenvalue weighted by Gasteiger charge is 2.67. The van der Waals surface area contributed by atoms with Gasteiger partial charge in [-0.25, -0.2) is 0 Å². The Balaban J connectivity index is 0.00000337. The van der Waals surface area contributed by atoms with E-state index in [1.54, 1.807) is 6.92 Å². The predicted octanol–water partition coefficient (Wildman–Crippen LogP) is 2.19. The molecule has 10 atom stereocenters. The Bertz CT molecular complexity index is 934. The number of fused-ring (bicyclic) bond motifs is 5. The third kappa shape index (κ3) is 5.51. The van der Waals surface area contributed by atoms with Gasteiger partial charge in [-0.05, 0) is 99.4 Å². The number of aliphatic hydroxyl groups excluding tert-OH is 1. The monoisotopic (exact) mass is 636 g/mol. The van der Waals surface area contributed by atoms with Gasteiger partial charge in [0.1, 0.15) is 6.04 Å². The van der Waals surface area contributed by atoms with Crippen LogP contribution in [-0.4, -0.2) is 90.7 Å². The lowest BCUT2D eigenvalue weighted by molar-refractivity contribution is -0.948. The van der Waals surface area contributed by atoms with Crippen molar-refractivity contribution in [2.75, 3.05) is 45.9 Å². The minimum Gasteiger partial charge on any atom is -1.00 e. The van der Waals surface area contributed by atoms with Gasteiger partial charge >= 0.3 is 5.97 Å². The maximum absolute atomic E-state index is 12.6. The van der Waals surface area contributed by atoms with Crippen molar-refractivity contribution in [2.24, 2.45) is 34.5 Å². The zero-order chi connectivity index (χ0) is 28.1. The number of ether oxygens (including phenoxy) is 2. The molecule has 7 heteroatoms. The van der Waals surface area contributed by atoms with Gasteiger partial charge in [-0.2, -0.15) is 0 Å². The van der Waals surface area contributed by atoms with Gasteiger partial charge in [0.15, 0.2) is 6.10 Å². The Morgan fingerprint density at radius 1 is 1.05 bits per heavy atom. The Morgan fingerprint density at radius 3 is 2.41 bits per heavy atom. The molecule has 0 unspecified atom stereocenters. The quantitative estimate of drug-likeness (QED) is 0.285. The molecule has 6 nitrogen and oxygen atoms in total. The summed E-state index contributed by atoms with van der Waals surface area (Å²) in [5.74, 6) is 2.52. The minimum atomic E-state index is -0.211. The van der Waals surface area contributed by atoms with Crippen molar-refractivity contribution < 1.29 is 40.8 Å². The number of carbonyl (C=O) groups excluding carboxylic acids is 1. The number of likely N-dealkylation sites (tertiary alicyclic amines) is 1. The smallest absolute Gasteiger partial charge is 0.303 e. The van der Waals surface area contributed by atoms with Gasteiger partial charge in [0, 0.05) is 37.9 Å². The fourth-order valence-electron chi connectivity index (χ4n) is 11.7. The minimum absolute atomic E-state index is 0. The van der Waals surface area contributed by atoms with Crippen molar-refractivity contribution >= 4 is 5.97 Å². The van der Waals surface area contributed by atoms with Crippen LogP contribution in [0.4, 0.5) is 0 Å². The molecule has 234 valence electrons. The van der Waals surface area contributed by atoms with E-state index in [1.165, 1.54) is 64.5 Å². The normalized spacial score (nSPS) is 46.1. The van der Waals surface area contributed by atoms with Crippen molar-refractivity contribution in [1.82, 2.24) is 4.90 Å². The molecular weight excluding hydrogens is 580 g/mol. The zero-order valence-corrected chi connectivity index (χ0v) is 27.7. The number of hydrogen-bond acceptors (Lipinski definition) is 5. The largest absolute Gasteiger partial charge is 1.00 e. The molecule has 6 fully saturated rings. The molecule has 41 heavy (non-hydrogen) atoms. The number of halogens is 1. The summed E-state index contributed by atoms with van der Waals surface area (Å²) in [6.45, 7) is 17.8. The van der Waals surface area contributed by atoms with Crippen LogP contribution in [0.1, 0.15) is 91.4 Å². The van der Waals surface area contributed by atoms with E-state index < -0.39 is 0 Å². The van der Waals surface area contributed by atoms with Crippen LogP contribution >= 0.6 is 0 Å². The first kappa shape index (κ1) is 31.9. The summed E-state index contributed by atoms with van der Waals surface area (Å²) in [5, 5.41) is 11.3. The van der Waals surface area contributed by atoms with Crippen LogP contribution in [0.3, 0.4) is 0 Å². The number of esters is 1. The van der Waals surface area contributed by atoms with Crippen LogP contribution in [0.5, 0.6) is 0 Å². The Hall–Kier alpha value is -0.470. The molecule has 2 heterocycles. The van der Waals surface area contributed by atoms with Crippen LogP contribution in [0.2, 0.25) is 0 Å². The average Bonchev–Trinajstić information content (AvgIpc) is 3.06. The second-order valence-electron chi connectivity index (χ2n) is 15.3. The van der Waals surface area contributed by atoms with Gasteiger partial charge < -0.3 is 36.0 Å². The number of quaternary nitrogens is 1. The first-order valence-electron chi connectivity index (χ1n) is 16.9. The molecular formula is C34H57BrN2O4. The van der Waals surface area contributed by atoms with Crippen molar-refractivity contribution in [1.29, 1.82) is 0 Å². The van der Waals surface area contributed by atoms with E-state index in [1.807, 2.05) is 0 Å². The van der Waals surface area contributed by atoms with Gasteiger partial charge in [0.05, 0.1) is 39.0 Å². The SMILES string of the molecule is C=CC[N+]1([C@H]2C[C@H]3[C@@H]4CC[C@H]5C[C@H](O)[C@@H](N6CCOCC6)C[C@]5(C)[C@H]4CC[C@]3(C)[C@H]2OC(C)=O)CCCCCC1.[Br-]. The maximum Gasteiger partial charge on any atom is 0.303 e. The number of morpholine rings is 1. The topological polar surface area (TPSA) is 59.0 Å². The summed E-state index contributed by atoms with van der Waals surface area (Å²) in [4.78, 5) is 15.2. The summed E-state index contributed by atoms with van der Waals surface area (Å²) >= 11 is 0. The number of aliphatic hydroxyl groups is 1. The zero-order valence-electron chi connectivity index (χ0n) is 26.1. The first-order valence-corrected chi connectivity index (χ1v) is 16.9. The molecule has 0 radical (unpaired) electrons. The van der Waals surface area contributed by atoms with Crippen LogP contribution in [0.15, 0.2) is 12.7 Å². The highest BCUT2D eigenvalue weighted by molar-refractivity contribution is 5.66. The lowest BCUT2D eigenvalue weighted by atomic mass is 9.44. The highest BCUT2D eigenvalue weighted by atomic mass is 79.9. The molecule has 6 aliphatic rings. The lowest BCUT2D eigenvalue weighted by Crippen LogP contribution is -3.00. The fourth-order valence-corrected chi connectivity index (χ4v) is 11.7. The first-order chi connectivity index (χ1) is 19.2. The van der Waals surface area contributed by atoms with Crippen molar-refractivity contribution in [3.05, 3.63) is 12.7 Å². The van der Waals surface area contributed by atoms with Gasteiger partial charge in [-0.1, -0.05) is 20.4 Å². The molecule has 0 bridgehead atoms. The summed E-state index contributed by atoms with van der Waals surface area (Å²) in [7, 11) is 0.